The van der Waals surface area contributed by atoms with E-state index in [1.807, 2.05) is 12.4 Å². The summed E-state index contributed by atoms with van der Waals surface area (Å²) in [5, 5.41) is 3.54. The van der Waals surface area contributed by atoms with Crippen LogP contribution in [-0.4, -0.2) is 35.6 Å². The minimum atomic E-state index is 0.729. The molecule has 3 nitrogen and oxygen atoms in total. The van der Waals surface area contributed by atoms with Gasteiger partial charge in [-0.25, -0.2) is 0 Å². The van der Waals surface area contributed by atoms with Crippen LogP contribution in [0.5, 0.6) is 0 Å². The molecule has 1 aliphatic heterocycles. The van der Waals surface area contributed by atoms with Gasteiger partial charge in [0.25, 0.3) is 0 Å². The number of pyridine rings is 1. The van der Waals surface area contributed by atoms with Gasteiger partial charge in [-0.3, -0.25) is 9.88 Å². The molecule has 2 rings (SSSR count). The van der Waals surface area contributed by atoms with Crippen LogP contribution in [0.4, 0.5) is 0 Å². The van der Waals surface area contributed by atoms with Crippen LogP contribution in [0.15, 0.2) is 18.5 Å². The third-order valence-electron chi connectivity index (χ3n) is 3.42. The van der Waals surface area contributed by atoms with E-state index in [1.165, 1.54) is 37.1 Å². The zero-order valence-corrected chi connectivity index (χ0v) is 10.9. The number of likely N-dealkylation sites (tertiary alicyclic amines) is 1. The van der Waals surface area contributed by atoms with E-state index in [-0.39, 0.29) is 0 Å². The Morgan fingerprint density at radius 1 is 1.35 bits per heavy atom. The van der Waals surface area contributed by atoms with Gasteiger partial charge in [0.05, 0.1) is 0 Å². The molecule has 0 spiro atoms. The number of aryl methyl sites for hydroxylation is 1. The molecule has 1 saturated heterocycles. The number of hydrogen-bond acceptors (Lipinski definition) is 3. The molecular weight excluding hydrogens is 210 g/mol. The normalized spacial score (nSPS) is 18.5. The maximum atomic E-state index is 4.26. The van der Waals surface area contributed by atoms with Gasteiger partial charge in [-0.2, -0.15) is 0 Å². The second kappa shape index (κ2) is 6.12. The second-order valence-electron chi connectivity index (χ2n) is 4.98. The quantitative estimate of drug-likeness (QED) is 0.861. The van der Waals surface area contributed by atoms with Gasteiger partial charge >= 0.3 is 0 Å². The maximum Gasteiger partial charge on any atom is 0.0313 e. The summed E-state index contributed by atoms with van der Waals surface area (Å²) >= 11 is 0. The lowest BCUT2D eigenvalue weighted by Gasteiger charge is -2.32. The minimum Gasteiger partial charge on any atom is -0.314 e. The fraction of sp³-hybridized carbons (Fsp3) is 0.643. The number of aromatic nitrogens is 1. The van der Waals surface area contributed by atoms with Crippen molar-refractivity contribution < 1.29 is 0 Å². The fourth-order valence-electron chi connectivity index (χ4n) is 2.55. The lowest BCUT2D eigenvalue weighted by Crippen LogP contribution is -2.42. The highest BCUT2D eigenvalue weighted by Crippen LogP contribution is 2.13. The van der Waals surface area contributed by atoms with Gasteiger partial charge in [-0.1, -0.05) is 13.0 Å². The Labute approximate surface area is 104 Å². The predicted octanol–water partition coefficient (Wildman–Crippen LogP) is 1.96. The van der Waals surface area contributed by atoms with Gasteiger partial charge in [0, 0.05) is 25.0 Å². The van der Waals surface area contributed by atoms with Crippen molar-refractivity contribution in [2.24, 2.45) is 0 Å². The summed E-state index contributed by atoms with van der Waals surface area (Å²) < 4.78 is 0. The van der Waals surface area contributed by atoms with E-state index in [0.29, 0.717) is 0 Å². The van der Waals surface area contributed by atoms with Crippen molar-refractivity contribution in [3.05, 3.63) is 29.6 Å². The Morgan fingerprint density at radius 2 is 2.12 bits per heavy atom. The third kappa shape index (κ3) is 3.79. The van der Waals surface area contributed by atoms with Crippen molar-refractivity contribution in [3.63, 3.8) is 0 Å². The smallest absolute Gasteiger partial charge is 0.0313 e. The third-order valence-corrected chi connectivity index (χ3v) is 3.42. The average molecular weight is 233 g/mol. The van der Waals surface area contributed by atoms with E-state index in [2.05, 4.69) is 35.1 Å². The number of rotatable bonds is 4. The highest BCUT2D eigenvalue weighted by molar-refractivity contribution is 5.16. The summed E-state index contributed by atoms with van der Waals surface area (Å²) in [6.07, 6.45) is 6.45. The fourth-order valence-corrected chi connectivity index (χ4v) is 2.55. The van der Waals surface area contributed by atoms with Gasteiger partial charge in [0.2, 0.25) is 0 Å². The molecule has 17 heavy (non-hydrogen) atoms. The van der Waals surface area contributed by atoms with Crippen molar-refractivity contribution in [2.45, 2.75) is 39.3 Å². The molecule has 0 saturated carbocycles. The SMILES string of the molecule is CCNC1CCN(Cc2cncc(C)c2)CC1. The van der Waals surface area contributed by atoms with Crippen LogP contribution in [0.3, 0.4) is 0 Å². The highest BCUT2D eigenvalue weighted by Gasteiger charge is 2.18. The summed E-state index contributed by atoms with van der Waals surface area (Å²) in [6.45, 7) is 8.83. The topological polar surface area (TPSA) is 28.2 Å². The van der Waals surface area contributed by atoms with Crippen LogP contribution < -0.4 is 5.32 Å². The maximum absolute atomic E-state index is 4.26. The van der Waals surface area contributed by atoms with E-state index >= 15 is 0 Å². The van der Waals surface area contributed by atoms with Crippen molar-refractivity contribution >= 4 is 0 Å². The molecule has 0 amide bonds. The summed E-state index contributed by atoms with van der Waals surface area (Å²) in [5.74, 6) is 0. The van der Waals surface area contributed by atoms with Gasteiger partial charge in [-0.15, -0.1) is 0 Å². The zero-order valence-electron chi connectivity index (χ0n) is 10.9. The van der Waals surface area contributed by atoms with Crippen LogP contribution in [0.25, 0.3) is 0 Å². The van der Waals surface area contributed by atoms with E-state index in [0.717, 1.165) is 19.1 Å². The van der Waals surface area contributed by atoms with Crippen LogP contribution >= 0.6 is 0 Å². The van der Waals surface area contributed by atoms with Crippen LogP contribution in [0, 0.1) is 6.92 Å². The Bertz CT molecular complexity index is 343. The molecule has 0 aliphatic carbocycles. The monoisotopic (exact) mass is 233 g/mol. The lowest BCUT2D eigenvalue weighted by atomic mass is 10.0. The molecule has 0 bridgehead atoms. The molecule has 1 aromatic heterocycles. The number of piperidine rings is 1. The Hall–Kier alpha value is -0.930. The van der Waals surface area contributed by atoms with Crippen molar-refractivity contribution in [1.29, 1.82) is 0 Å². The van der Waals surface area contributed by atoms with E-state index in [1.54, 1.807) is 0 Å². The van der Waals surface area contributed by atoms with Gasteiger partial charge in [0.1, 0.15) is 0 Å². The summed E-state index contributed by atoms with van der Waals surface area (Å²) in [6, 6.07) is 2.97. The van der Waals surface area contributed by atoms with Gasteiger partial charge in [0.15, 0.2) is 0 Å². The first kappa shape index (κ1) is 12.5. The second-order valence-corrected chi connectivity index (χ2v) is 4.98. The van der Waals surface area contributed by atoms with E-state index < -0.39 is 0 Å². The molecule has 1 aliphatic rings. The van der Waals surface area contributed by atoms with Crippen LogP contribution in [-0.2, 0) is 6.54 Å². The molecule has 1 N–H and O–H groups in total. The Morgan fingerprint density at radius 3 is 2.76 bits per heavy atom. The number of nitrogens with zero attached hydrogens (tertiary/aromatic N) is 2. The Kier molecular flexibility index (Phi) is 4.51. The van der Waals surface area contributed by atoms with Crippen LogP contribution in [0.2, 0.25) is 0 Å². The van der Waals surface area contributed by atoms with Crippen molar-refractivity contribution in [2.75, 3.05) is 19.6 Å². The highest BCUT2D eigenvalue weighted by atomic mass is 15.1. The molecule has 1 aromatic rings. The van der Waals surface area contributed by atoms with Crippen molar-refractivity contribution in [3.8, 4) is 0 Å². The largest absolute Gasteiger partial charge is 0.314 e. The Balaban J connectivity index is 1.82. The molecule has 0 radical (unpaired) electrons. The molecule has 0 atom stereocenters. The zero-order chi connectivity index (χ0) is 12.1. The van der Waals surface area contributed by atoms with Crippen molar-refractivity contribution in [1.82, 2.24) is 15.2 Å². The lowest BCUT2D eigenvalue weighted by molar-refractivity contribution is 0.191. The average Bonchev–Trinajstić information content (AvgIpc) is 2.32. The van der Waals surface area contributed by atoms with E-state index in [4.69, 9.17) is 0 Å². The number of nitrogens with one attached hydrogen (secondary N) is 1. The molecule has 2 heterocycles. The first-order valence-corrected chi connectivity index (χ1v) is 6.64. The number of hydrogen-bond donors (Lipinski definition) is 1. The minimum absolute atomic E-state index is 0.729. The molecule has 0 unspecified atom stereocenters. The first-order chi connectivity index (χ1) is 8.28. The molecule has 94 valence electrons. The van der Waals surface area contributed by atoms with Crippen LogP contribution in [0.1, 0.15) is 30.9 Å². The predicted molar refractivity (Wildman–Crippen MR) is 70.9 cm³/mol. The van der Waals surface area contributed by atoms with Gasteiger partial charge < -0.3 is 5.32 Å². The molecule has 1 fully saturated rings. The molecular formula is C14H23N3. The summed E-state index contributed by atoms with van der Waals surface area (Å²) in [7, 11) is 0. The van der Waals surface area contributed by atoms with E-state index in [9.17, 15) is 0 Å². The first-order valence-electron chi connectivity index (χ1n) is 6.64. The summed E-state index contributed by atoms with van der Waals surface area (Å²) in [5.41, 5.74) is 2.59. The molecule has 0 aromatic carbocycles. The standard InChI is InChI=1S/C14H23N3/c1-3-16-14-4-6-17(7-5-14)11-13-8-12(2)9-15-10-13/h8-10,14,16H,3-7,11H2,1-2H3. The van der Waals surface area contributed by atoms with Gasteiger partial charge in [-0.05, 0) is 50.5 Å². The molecule has 3 heteroatoms. The summed E-state index contributed by atoms with van der Waals surface area (Å²) in [4.78, 5) is 6.79.